The summed E-state index contributed by atoms with van der Waals surface area (Å²) in [5, 5.41) is 10.00. The Hall–Kier alpha value is -0.160. The fourth-order valence-electron chi connectivity index (χ4n) is 2.70. The molecule has 0 amide bonds. The number of hydrogen-bond donors (Lipinski definition) is 1. The topological polar surface area (TPSA) is 35.9 Å². The van der Waals surface area contributed by atoms with Crippen molar-refractivity contribution in [3.63, 3.8) is 0 Å². The van der Waals surface area contributed by atoms with Crippen molar-refractivity contribution in [1.29, 1.82) is 0 Å². The monoisotopic (exact) mass is 228 g/mol. The zero-order valence-corrected chi connectivity index (χ0v) is 10.6. The van der Waals surface area contributed by atoms with Gasteiger partial charge >= 0.3 is 0 Å². The molecule has 0 aromatic carbocycles. The number of ether oxygens (including phenoxy) is 1. The molecule has 2 saturated heterocycles. The fraction of sp³-hybridized carbons (Fsp3) is 1.00. The molecule has 2 aliphatic heterocycles. The first-order valence-electron chi connectivity index (χ1n) is 6.29. The Bertz CT molecular complexity index is 239. The molecule has 4 heteroatoms. The van der Waals surface area contributed by atoms with Crippen molar-refractivity contribution in [2.24, 2.45) is 0 Å². The van der Waals surface area contributed by atoms with Crippen molar-refractivity contribution in [1.82, 2.24) is 9.80 Å². The lowest BCUT2D eigenvalue weighted by atomic mass is 9.95. The fourth-order valence-corrected chi connectivity index (χ4v) is 2.70. The van der Waals surface area contributed by atoms with Gasteiger partial charge in [0.15, 0.2) is 0 Å². The Morgan fingerprint density at radius 3 is 2.31 bits per heavy atom. The van der Waals surface area contributed by atoms with Crippen LogP contribution in [-0.4, -0.2) is 72.0 Å². The maximum absolute atomic E-state index is 10.00. The second-order valence-electron chi connectivity index (χ2n) is 5.50. The van der Waals surface area contributed by atoms with E-state index in [9.17, 15) is 5.11 Å². The highest BCUT2D eigenvalue weighted by Crippen LogP contribution is 2.27. The maximum atomic E-state index is 10.00. The van der Waals surface area contributed by atoms with Gasteiger partial charge in [0.25, 0.3) is 0 Å². The molecule has 0 saturated carbocycles. The third kappa shape index (κ3) is 2.12. The molecule has 0 radical (unpaired) electrons. The summed E-state index contributed by atoms with van der Waals surface area (Å²) in [6.45, 7) is 12.0. The summed E-state index contributed by atoms with van der Waals surface area (Å²) in [5.74, 6) is 0. The molecule has 16 heavy (non-hydrogen) atoms. The maximum Gasteiger partial charge on any atom is 0.0976 e. The molecule has 2 fully saturated rings. The Morgan fingerprint density at radius 2 is 1.88 bits per heavy atom. The Kier molecular flexibility index (Phi) is 3.54. The third-order valence-electron chi connectivity index (χ3n) is 4.15. The van der Waals surface area contributed by atoms with Crippen LogP contribution in [-0.2, 0) is 4.74 Å². The van der Waals surface area contributed by atoms with E-state index in [2.05, 4.69) is 30.6 Å². The molecule has 0 aromatic heterocycles. The van der Waals surface area contributed by atoms with E-state index in [1.54, 1.807) is 0 Å². The molecule has 4 nitrogen and oxygen atoms in total. The highest BCUT2D eigenvalue weighted by atomic mass is 16.5. The van der Waals surface area contributed by atoms with E-state index >= 15 is 0 Å². The van der Waals surface area contributed by atoms with Crippen molar-refractivity contribution in [3.8, 4) is 0 Å². The average Bonchev–Trinajstić information content (AvgIpc) is 2.61. The van der Waals surface area contributed by atoms with Gasteiger partial charge < -0.3 is 9.84 Å². The predicted molar refractivity (Wildman–Crippen MR) is 63.5 cm³/mol. The summed E-state index contributed by atoms with van der Waals surface area (Å²) in [6, 6.07) is 0.625. The molecule has 2 rings (SSSR count). The van der Waals surface area contributed by atoms with Gasteiger partial charge in [0.1, 0.15) is 0 Å². The molecule has 1 N–H and O–H groups in total. The molecule has 0 unspecified atom stereocenters. The van der Waals surface area contributed by atoms with Crippen molar-refractivity contribution in [3.05, 3.63) is 0 Å². The van der Waals surface area contributed by atoms with Gasteiger partial charge in [-0.2, -0.15) is 0 Å². The van der Waals surface area contributed by atoms with E-state index in [1.165, 1.54) is 0 Å². The van der Waals surface area contributed by atoms with Crippen LogP contribution in [0.25, 0.3) is 0 Å². The zero-order valence-electron chi connectivity index (χ0n) is 10.6. The van der Waals surface area contributed by atoms with E-state index in [1.807, 2.05) is 0 Å². The van der Waals surface area contributed by atoms with E-state index in [4.69, 9.17) is 4.74 Å². The van der Waals surface area contributed by atoms with Gasteiger partial charge in [0.05, 0.1) is 24.9 Å². The number of aliphatic hydroxyl groups is 1. The second-order valence-corrected chi connectivity index (χ2v) is 5.50. The van der Waals surface area contributed by atoms with Crippen molar-refractivity contribution in [2.75, 3.05) is 39.4 Å². The summed E-state index contributed by atoms with van der Waals surface area (Å²) >= 11 is 0. The van der Waals surface area contributed by atoms with Crippen molar-refractivity contribution in [2.45, 2.75) is 38.5 Å². The van der Waals surface area contributed by atoms with Crippen LogP contribution in [0.5, 0.6) is 0 Å². The van der Waals surface area contributed by atoms with E-state index in [0.717, 1.165) is 26.2 Å². The molecule has 2 aliphatic rings. The van der Waals surface area contributed by atoms with Gasteiger partial charge in [0.2, 0.25) is 0 Å². The normalized spacial score (nSPS) is 38.4. The lowest BCUT2D eigenvalue weighted by molar-refractivity contribution is -0.0214. The number of hydrogen-bond acceptors (Lipinski definition) is 4. The summed E-state index contributed by atoms with van der Waals surface area (Å²) in [7, 11) is 0. The Morgan fingerprint density at radius 1 is 1.25 bits per heavy atom. The lowest BCUT2D eigenvalue weighted by Crippen LogP contribution is -2.61. The number of rotatable bonds is 2. The standard InChI is InChI=1S/C12H24N2O2/c1-10(2)13-4-6-14(7-5-13)12(3)9-16-8-11(12)15/h10-11,15H,4-9H2,1-3H3/t11-,12+/m1/s1. The first-order chi connectivity index (χ1) is 7.54. The van der Waals surface area contributed by atoms with Gasteiger partial charge in [-0.05, 0) is 20.8 Å². The van der Waals surface area contributed by atoms with Crippen LogP contribution in [0.1, 0.15) is 20.8 Å². The first kappa shape index (κ1) is 12.3. The van der Waals surface area contributed by atoms with E-state index in [0.29, 0.717) is 19.3 Å². The quantitative estimate of drug-likeness (QED) is 0.730. The van der Waals surface area contributed by atoms with Gasteiger partial charge in [-0.25, -0.2) is 0 Å². The first-order valence-corrected chi connectivity index (χ1v) is 6.29. The highest BCUT2D eigenvalue weighted by molar-refractivity contribution is 4.98. The molecule has 0 aromatic rings. The smallest absolute Gasteiger partial charge is 0.0976 e. The Labute approximate surface area is 98.2 Å². The molecule has 2 atom stereocenters. The number of nitrogens with zero attached hydrogens (tertiary/aromatic N) is 2. The van der Waals surface area contributed by atoms with E-state index in [-0.39, 0.29) is 11.6 Å². The molecule has 94 valence electrons. The van der Waals surface area contributed by atoms with Crippen LogP contribution < -0.4 is 0 Å². The SMILES string of the molecule is CC(C)N1CCN([C@@]2(C)COC[C@H]2O)CC1. The van der Waals surface area contributed by atoms with Crippen LogP contribution >= 0.6 is 0 Å². The lowest BCUT2D eigenvalue weighted by Gasteiger charge is -2.45. The largest absolute Gasteiger partial charge is 0.389 e. The molecule has 0 aliphatic carbocycles. The van der Waals surface area contributed by atoms with Crippen molar-refractivity contribution >= 4 is 0 Å². The van der Waals surface area contributed by atoms with Crippen LogP contribution in [0.15, 0.2) is 0 Å². The molecule has 2 heterocycles. The molecular weight excluding hydrogens is 204 g/mol. The summed E-state index contributed by atoms with van der Waals surface area (Å²) in [5.41, 5.74) is -0.164. The van der Waals surface area contributed by atoms with Gasteiger partial charge in [-0.3, -0.25) is 9.80 Å². The predicted octanol–water partition coefficient (Wildman–Crippen LogP) is 0.162. The number of aliphatic hydroxyl groups excluding tert-OH is 1. The average molecular weight is 228 g/mol. The highest BCUT2D eigenvalue weighted by Gasteiger charge is 2.44. The Balaban J connectivity index is 1.93. The summed E-state index contributed by atoms with van der Waals surface area (Å²) < 4.78 is 5.39. The van der Waals surface area contributed by atoms with Crippen molar-refractivity contribution < 1.29 is 9.84 Å². The minimum Gasteiger partial charge on any atom is -0.389 e. The van der Waals surface area contributed by atoms with Crippen LogP contribution in [0.4, 0.5) is 0 Å². The van der Waals surface area contributed by atoms with Gasteiger partial charge in [-0.1, -0.05) is 0 Å². The summed E-state index contributed by atoms with van der Waals surface area (Å²) in [6.07, 6.45) is -0.335. The summed E-state index contributed by atoms with van der Waals surface area (Å²) in [4.78, 5) is 4.88. The van der Waals surface area contributed by atoms with Gasteiger partial charge in [-0.15, -0.1) is 0 Å². The number of piperazine rings is 1. The molecular formula is C12H24N2O2. The third-order valence-corrected chi connectivity index (χ3v) is 4.15. The second kappa shape index (κ2) is 4.61. The van der Waals surface area contributed by atoms with Crippen LogP contribution in [0, 0.1) is 0 Å². The zero-order chi connectivity index (χ0) is 11.8. The van der Waals surface area contributed by atoms with E-state index < -0.39 is 0 Å². The van der Waals surface area contributed by atoms with Crippen LogP contribution in [0.3, 0.4) is 0 Å². The minimum absolute atomic E-state index is 0.164. The van der Waals surface area contributed by atoms with Crippen LogP contribution in [0.2, 0.25) is 0 Å². The van der Waals surface area contributed by atoms with Gasteiger partial charge in [0, 0.05) is 32.2 Å². The molecule has 0 bridgehead atoms. The minimum atomic E-state index is -0.335. The molecule has 0 spiro atoms.